The van der Waals surface area contributed by atoms with Crippen molar-refractivity contribution in [2.45, 2.75) is 44.8 Å². The van der Waals surface area contributed by atoms with E-state index in [9.17, 15) is 4.79 Å². The van der Waals surface area contributed by atoms with E-state index in [4.69, 9.17) is 4.74 Å². The summed E-state index contributed by atoms with van der Waals surface area (Å²) in [5.74, 6) is 0.506. The van der Waals surface area contributed by atoms with Gasteiger partial charge in [-0.25, -0.2) is 0 Å². The van der Waals surface area contributed by atoms with Crippen LogP contribution in [0, 0.1) is 5.92 Å². The molecule has 0 aromatic carbocycles. The maximum Gasteiger partial charge on any atom is 0.225 e. The van der Waals surface area contributed by atoms with Gasteiger partial charge in [0, 0.05) is 32.2 Å². The van der Waals surface area contributed by atoms with Gasteiger partial charge in [0.05, 0.1) is 6.10 Å². The van der Waals surface area contributed by atoms with Gasteiger partial charge in [0.15, 0.2) is 0 Å². The van der Waals surface area contributed by atoms with Crippen LogP contribution in [0.3, 0.4) is 0 Å². The van der Waals surface area contributed by atoms with Crippen molar-refractivity contribution in [3.8, 4) is 0 Å². The second-order valence-corrected chi connectivity index (χ2v) is 5.43. The minimum absolute atomic E-state index is 0.206. The number of piperidine rings is 1. The molecule has 3 atom stereocenters. The van der Waals surface area contributed by atoms with Crippen molar-refractivity contribution < 1.29 is 9.53 Å². The fourth-order valence-corrected chi connectivity index (χ4v) is 2.85. The van der Waals surface area contributed by atoms with E-state index in [1.807, 2.05) is 11.9 Å². The summed E-state index contributed by atoms with van der Waals surface area (Å²) in [5.41, 5.74) is 0. The Morgan fingerprint density at radius 3 is 2.94 bits per heavy atom. The Morgan fingerprint density at radius 2 is 2.29 bits per heavy atom. The molecule has 0 aliphatic carbocycles. The summed E-state index contributed by atoms with van der Waals surface area (Å²) in [4.78, 5) is 14.1. The Kier molecular flexibility index (Phi) is 4.40. The molecule has 3 unspecified atom stereocenters. The molecule has 0 aromatic rings. The fourth-order valence-electron chi connectivity index (χ4n) is 2.85. The van der Waals surface area contributed by atoms with Gasteiger partial charge in [0.25, 0.3) is 0 Å². The molecule has 2 aliphatic rings. The maximum atomic E-state index is 12.3. The summed E-state index contributed by atoms with van der Waals surface area (Å²) in [5, 5.41) is 3.38. The number of ether oxygens (including phenoxy) is 1. The highest BCUT2D eigenvalue weighted by molar-refractivity contribution is 5.78. The predicted molar refractivity (Wildman–Crippen MR) is 66.8 cm³/mol. The molecule has 4 heteroatoms. The van der Waals surface area contributed by atoms with E-state index >= 15 is 0 Å². The monoisotopic (exact) mass is 240 g/mol. The average molecular weight is 240 g/mol. The van der Waals surface area contributed by atoms with Gasteiger partial charge in [0.2, 0.25) is 5.91 Å². The third kappa shape index (κ3) is 3.42. The molecule has 17 heavy (non-hydrogen) atoms. The summed E-state index contributed by atoms with van der Waals surface area (Å²) in [6.45, 7) is 4.74. The smallest absolute Gasteiger partial charge is 0.225 e. The second-order valence-electron chi connectivity index (χ2n) is 5.43. The molecule has 0 saturated carbocycles. The molecule has 2 fully saturated rings. The van der Waals surface area contributed by atoms with Crippen LogP contribution in [0.5, 0.6) is 0 Å². The molecule has 98 valence electrons. The first-order chi connectivity index (χ1) is 8.16. The van der Waals surface area contributed by atoms with Gasteiger partial charge in [-0.1, -0.05) is 0 Å². The van der Waals surface area contributed by atoms with E-state index in [2.05, 4.69) is 12.2 Å². The maximum absolute atomic E-state index is 12.3. The first-order valence-corrected chi connectivity index (χ1v) is 6.77. The molecule has 0 radical (unpaired) electrons. The third-order valence-electron chi connectivity index (χ3n) is 3.85. The number of nitrogens with zero attached hydrogens (tertiary/aromatic N) is 1. The zero-order valence-electron chi connectivity index (χ0n) is 10.9. The summed E-state index contributed by atoms with van der Waals surface area (Å²) >= 11 is 0. The summed E-state index contributed by atoms with van der Waals surface area (Å²) in [6, 6.07) is 0.467. The third-order valence-corrected chi connectivity index (χ3v) is 3.85. The van der Waals surface area contributed by atoms with Gasteiger partial charge < -0.3 is 15.0 Å². The van der Waals surface area contributed by atoms with Gasteiger partial charge in [-0.3, -0.25) is 4.79 Å². The van der Waals surface area contributed by atoms with Crippen LogP contribution in [0.25, 0.3) is 0 Å². The summed E-state index contributed by atoms with van der Waals surface area (Å²) in [7, 11) is 1.91. The highest BCUT2D eigenvalue weighted by Gasteiger charge is 2.28. The van der Waals surface area contributed by atoms with Crippen molar-refractivity contribution in [3.05, 3.63) is 0 Å². The second kappa shape index (κ2) is 5.83. The molecule has 0 bridgehead atoms. The lowest BCUT2D eigenvalue weighted by Crippen LogP contribution is -2.44. The van der Waals surface area contributed by atoms with Crippen molar-refractivity contribution in [1.82, 2.24) is 10.2 Å². The van der Waals surface area contributed by atoms with E-state index in [0.717, 1.165) is 45.4 Å². The van der Waals surface area contributed by atoms with Crippen molar-refractivity contribution >= 4 is 5.91 Å². The number of amides is 1. The minimum Gasteiger partial charge on any atom is -0.376 e. The predicted octanol–water partition coefficient (Wildman–Crippen LogP) is 1.01. The SMILES string of the molecule is CC1CC(C(=O)N(C)CC2CCCO2)CCN1. The van der Waals surface area contributed by atoms with Crippen molar-refractivity contribution in [2.24, 2.45) is 5.92 Å². The van der Waals surface area contributed by atoms with Gasteiger partial charge in [-0.15, -0.1) is 0 Å². The topological polar surface area (TPSA) is 41.6 Å². The highest BCUT2D eigenvalue weighted by Crippen LogP contribution is 2.20. The lowest BCUT2D eigenvalue weighted by Gasteiger charge is -2.31. The fraction of sp³-hybridized carbons (Fsp3) is 0.923. The van der Waals surface area contributed by atoms with E-state index in [0.29, 0.717) is 11.9 Å². The van der Waals surface area contributed by atoms with Gasteiger partial charge >= 0.3 is 0 Å². The average Bonchev–Trinajstić information content (AvgIpc) is 2.80. The van der Waals surface area contributed by atoms with Crippen LogP contribution in [-0.4, -0.2) is 49.7 Å². The van der Waals surface area contributed by atoms with Crippen LogP contribution < -0.4 is 5.32 Å². The summed E-state index contributed by atoms with van der Waals surface area (Å²) in [6.07, 6.45) is 4.44. The zero-order chi connectivity index (χ0) is 12.3. The molecule has 2 aliphatic heterocycles. The number of carbonyl (C=O) groups is 1. The molecule has 2 saturated heterocycles. The van der Waals surface area contributed by atoms with Crippen molar-refractivity contribution in [2.75, 3.05) is 26.7 Å². The van der Waals surface area contributed by atoms with E-state index < -0.39 is 0 Å². The van der Waals surface area contributed by atoms with Crippen LogP contribution >= 0.6 is 0 Å². The number of hydrogen-bond donors (Lipinski definition) is 1. The molecule has 1 amide bonds. The van der Waals surface area contributed by atoms with E-state index in [-0.39, 0.29) is 12.0 Å². The molecule has 0 spiro atoms. The zero-order valence-corrected chi connectivity index (χ0v) is 10.9. The molecular weight excluding hydrogens is 216 g/mol. The number of carbonyl (C=O) groups excluding carboxylic acids is 1. The largest absolute Gasteiger partial charge is 0.376 e. The lowest BCUT2D eigenvalue weighted by molar-refractivity contribution is -0.136. The molecular formula is C13H24N2O2. The van der Waals surface area contributed by atoms with Crippen molar-refractivity contribution in [1.29, 1.82) is 0 Å². The number of nitrogens with one attached hydrogen (secondary N) is 1. The van der Waals surface area contributed by atoms with Crippen LogP contribution in [0.4, 0.5) is 0 Å². The van der Waals surface area contributed by atoms with Gasteiger partial charge in [-0.2, -0.15) is 0 Å². The van der Waals surface area contributed by atoms with Crippen LogP contribution in [0.1, 0.15) is 32.6 Å². The quantitative estimate of drug-likeness (QED) is 0.800. The molecule has 1 N–H and O–H groups in total. The van der Waals surface area contributed by atoms with Crippen LogP contribution in [-0.2, 0) is 9.53 Å². The molecule has 4 nitrogen and oxygen atoms in total. The van der Waals surface area contributed by atoms with Gasteiger partial charge in [0.1, 0.15) is 0 Å². The number of rotatable bonds is 3. The number of hydrogen-bond acceptors (Lipinski definition) is 3. The molecule has 2 heterocycles. The van der Waals surface area contributed by atoms with E-state index in [1.165, 1.54) is 0 Å². The van der Waals surface area contributed by atoms with Crippen LogP contribution in [0.15, 0.2) is 0 Å². The molecule has 2 rings (SSSR count). The molecule has 0 aromatic heterocycles. The Balaban J connectivity index is 1.81. The first-order valence-electron chi connectivity index (χ1n) is 6.77. The minimum atomic E-state index is 0.206. The Labute approximate surface area is 104 Å². The Hall–Kier alpha value is -0.610. The van der Waals surface area contributed by atoms with Gasteiger partial charge in [-0.05, 0) is 39.2 Å². The Morgan fingerprint density at radius 1 is 1.47 bits per heavy atom. The Bertz CT molecular complexity index is 264. The van der Waals surface area contributed by atoms with Crippen molar-refractivity contribution in [3.63, 3.8) is 0 Å². The van der Waals surface area contributed by atoms with Crippen LogP contribution in [0.2, 0.25) is 0 Å². The normalized spacial score (nSPS) is 33.6. The first kappa shape index (κ1) is 12.8. The standard InChI is InChI=1S/C13H24N2O2/c1-10-8-11(5-6-14-10)13(16)15(2)9-12-4-3-7-17-12/h10-12,14H,3-9H2,1-2H3. The number of likely N-dealkylation sites (N-methyl/N-ethyl adjacent to an activating group) is 1. The highest BCUT2D eigenvalue weighted by atomic mass is 16.5. The summed E-state index contributed by atoms with van der Waals surface area (Å²) < 4.78 is 5.58. The lowest BCUT2D eigenvalue weighted by atomic mass is 9.92. The van der Waals surface area contributed by atoms with E-state index in [1.54, 1.807) is 0 Å².